The smallest absolute Gasteiger partial charge is 0.137 e. The first-order valence-electron chi connectivity index (χ1n) is 7.22. The maximum Gasteiger partial charge on any atom is 0.137 e. The summed E-state index contributed by atoms with van der Waals surface area (Å²) in [6, 6.07) is 6.00. The summed E-state index contributed by atoms with van der Waals surface area (Å²) in [7, 11) is 0. The highest BCUT2D eigenvalue weighted by Crippen LogP contribution is 2.20. The average Bonchev–Trinajstić information content (AvgIpc) is 2.81. The van der Waals surface area contributed by atoms with E-state index >= 15 is 0 Å². The van der Waals surface area contributed by atoms with Gasteiger partial charge in [-0.2, -0.15) is 0 Å². The number of aliphatic hydroxyl groups excluding tert-OH is 1. The molecule has 3 nitrogen and oxygen atoms in total. The molecule has 1 saturated heterocycles. The van der Waals surface area contributed by atoms with E-state index in [-0.39, 0.29) is 6.10 Å². The van der Waals surface area contributed by atoms with Crippen LogP contribution in [-0.2, 0) is 11.2 Å². The number of rotatable bonds is 6. The first kappa shape index (κ1) is 15.7. The van der Waals surface area contributed by atoms with Gasteiger partial charge in [-0.3, -0.25) is 4.79 Å². The van der Waals surface area contributed by atoms with Crippen LogP contribution in [0.4, 0.5) is 0 Å². The van der Waals surface area contributed by atoms with Crippen LogP contribution < -0.4 is 0 Å². The number of carbonyl (C=O) groups excluding carboxylic acids is 1. The van der Waals surface area contributed by atoms with Gasteiger partial charge in [-0.15, -0.1) is 0 Å². The van der Waals surface area contributed by atoms with Crippen molar-refractivity contribution >= 4 is 21.7 Å². The van der Waals surface area contributed by atoms with Gasteiger partial charge in [-0.1, -0.05) is 28.1 Å². The summed E-state index contributed by atoms with van der Waals surface area (Å²) < 4.78 is 1.06. The second-order valence-corrected chi connectivity index (χ2v) is 6.44. The molecule has 0 saturated carbocycles. The number of likely N-dealkylation sites (tertiary alicyclic amines) is 1. The van der Waals surface area contributed by atoms with E-state index in [1.807, 2.05) is 25.1 Å². The summed E-state index contributed by atoms with van der Waals surface area (Å²) in [6.45, 7) is 4.68. The molecule has 0 unspecified atom stereocenters. The van der Waals surface area contributed by atoms with Crippen molar-refractivity contribution in [3.05, 3.63) is 33.8 Å². The molecular formula is C16H22BrNO2. The molecule has 1 N–H and O–H groups in total. The van der Waals surface area contributed by atoms with Crippen molar-refractivity contribution < 1.29 is 9.90 Å². The summed E-state index contributed by atoms with van der Waals surface area (Å²) in [5, 5.41) is 9.45. The lowest BCUT2D eigenvalue weighted by atomic mass is 10.0. The number of nitrogens with zero attached hydrogens (tertiary/aromatic N) is 1. The fourth-order valence-electron chi connectivity index (χ4n) is 2.66. The predicted octanol–water partition coefficient (Wildman–Crippen LogP) is 2.72. The van der Waals surface area contributed by atoms with Crippen LogP contribution in [0.15, 0.2) is 22.7 Å². The number of β-amino-alcohol motifs (C(OH)–C–C–N with tert-alkyl or cyclic N) is 1. The molecule has 0 aliphatic carbocycles. The van der Waals surface area contributed by atoms with Crippen LogP contribution in [0.1, 0.15) is 30.4 Å². The van der Waals surface area contributed by atoms with Gasteiger partial charge in [0.25, 0.3) is 0 Å². The van der Waals surface area contributed by atoms with E-state index in [0.29, 0.717) is 18.6 Å². The summed E-state index contributed by atoms with van der Waals surface area (Å²) in [4.78, 5) is 14.3. The maximum absolute atomic E-state index is 12.0. The number of carbonyl (C=O) groups is 1. The number of hydrogen-bond acceptors (Lipinski definition) is 3. The second-order valence-electron chi connectivity index (χ2n) is 5.59. The SMILES string of the molecule is Cc1c(Br)cccc1CC(=O)CCCN1CC[C@@H](O)C1. The molecule has 0 amide bonds. The first-order chi connectivity index (χ1) is 9.56. The summed E-state index contributed by atoms with van der Waals surface area (Å²) >= 11 is 3.50. The molecule has 1 heterocycles. The van der Waals surface area contributed by atoms with E-state index in [0.717, 1.165) is 48.1 Å². The van der Waals surface area contributed by atoms with Gasteiger partial charge < -0.3 is 10.0 Å². The molecule has 110 valence electrons. The number of ketones is 1. The summed E-state index contributed by atoms with van der Waals surface area (Å²) in [6.07, 6.45) is 2.73. The topological polar surface area (TPSA) is 40.5 Å². The first-order valence-corrected chi connectivity index (χ1v) is 8.01. The van der Waals surface area contributed by atoms with Crippen LogP contribution in [0.5, 0.6) is 0 Å². The molecule has 1 aliphatic rings. The molecule has 0 aromatic heterocycles. The van der Waals surface area contributed by atoms with Crippen molar-refractivity contribution in [2.24, 2.45) is 0 Å². The van der Waals surface area contributed by atoms with E-state index in [1.165, 1.54) is 0 Å². The lowest BCUT2D eigenvalue weighted by molar-refractivity contribution is -0.118. The third-order valence-electron chi connectivity index (χ3n) is 3.94. The van der Waals surface area contributed by atoms with Gasteiger partial charge in [0.1, 0.15) is 5.78 Å². The molecular weight excluding hydrogens is 318 g/mol. The highest BCUT2D eigenvalue weighted by Gasteiger charge is 2.19. The second kappa shape index (κ2) is 7.34. The third kappa shape index (κ3) is 4.40. The zero-order valence-electron chi connectivity index (χ0n) is 11.9. The molecule has 4 heteroatoms. The van der Waals surface area contributed by atoms with Gasteiger partial charge in [-0.05, 0) is 43.5 Å². The Morgan fingerprint density at radius 2 is 2.30 bits per heavy atom. The Morgan fingerprint density at radius 1 is 1.50 bits per heavy atom. The number of Topliss-reactive ketones (excluding diaryl/α,β-unsaturated/α-hetero) is 1. The Balaban J connectivity index is 1.74. The molecule has 1 fully saturated rings. The molecule has 0 bridgehead atoms. The quantitative estimate of drug-likeness (QED) is 0.866. The number of halogens is 1. The van der Waals surface area contributed by atoms with E-state index in [9.17, 15) is 9.90 Å². The highest BCUT2D eigenvalue weighted by atomic mass is 79.9. The molecule has 1 aromatic carbocycles. The van der Waals surface area contributed by atoms with Crippen LogP contribution >= 0.6 is 15.9 Å². The van der Waals surface area contributed by atoms with Crippen molar-refractivity contribution in [2.45, 2.75) is 38.7 Å². The Morgan fingerprint density at radius 3 is 3.00 bits per heavy atom. The summed E-state index contributed by atoms with van der Waals surface area (Å²) in [5.74, 6) is 0.297. The zero-order chi connectivity index (χ0) is 14.5. The van der Waals surface area contributed by atoms with Crippen molar-refractivity contribution in [3.63, 3.8) is 0 Å². The van der Waals surface area contributed by atoms with Gasteiger partial charge >= 0.3 is 0 Å². The van der Waals surface area contributed by atoms with Crippen molar-refractivity contribution in [1.29, 1.82) is 0 Å². The Labute approximate surface area is 129 Å². The number of benzene rings is 1. The average molecular weight is 340 g/mol. The standard InChI is InChI=1S/C16H22BrNO2/c1-12-13(4-2-6-16(12)17)10-14(19)5-3-8-18-9-7-15(20)11-18/h2,4,6,15,20H,3,5,7-11H2,1H3/t15-/m1/s1. The molecule has 0 spiro atoms. The normalized spacial score (nSPS) is 19.4. The van der Waals surface area contributed by atoms with Gasteiger partial charge in [0.15, 0.2) is 0 Å². The van der Waals surface area contributed by atoms with E-state index < -0.39 is 0 Å². The lowest BCUT2D eigenvalue weighted by Gasteiger charge is -2.14. The molecule has 20 heavy (non-hydrogen) atoms. The highest BCUT2D eigenvalue weighted by molar-refractivity contribution is 9.10. The molecule has 0 radical (unpaired) electrons. The van der Waals surface area contributed by atoms with Gasteiger partial charge in [0.2, 0.25) is 0 Å². The molecule has 1 atom stereocenters. The van der Waals surface area contributed by atoms with Crippen LogP contribution in [0.25, 0.3) is 0 Å². The van der Waals surface area contributed by atoms with Crippen molar-refractivity contribution in [1.82, 2.24) is 4.90 Å². The van der Waals surface area contributed by atoms with Crippen LogP contribution in [0.2, 0.25) is 0 Å². The molecule has 2 rings (SSSR count). The zero-order valence-corrected chi connectivity index (χ0v) is 13.5. The molecule has 1 aliphatic heterocycles. The fourth-order valence-corrected chi connectivity index (χ4v) is 3.07. The minimum atomic E-state index is -0.171. The Kier molecular flexibility index (Phi) is 5.75. The minimum absolute atomic E-state index is 0.171. The van der Waals surface area contributed by atoms with E-state index in [2.05, 4.69) is 20.8 Å². The van der Waals surface area contributed by atoms with Gasteiger partial charge in [0.05, 0.1) is 6.10 Å². The molecule has 1 aromatic rings. The van der Waals surface area contributed by atoms with Gasteiger partial charge in [-0.25, -0.2) is 0 Å². The van der Waals surface area contributed by atoms with Gasteiger partial charge in [0, 0.05) is 30.4 Å². The minimum Gasteiger partial charge on any atom is -0.392 e. The van der Waals surface area contributed by atoms with Crippen LogP contribution in [0, 0.1) is 6.92 Å². The maximum atomic E-state index is 12.0. The largest absolute Gasteiger partial charge is 0.392 e. The third-order valence-corrected chi connectivity index (χ3v) is 4.80. The number of hydrogen-bond donors (Lipinski definition) is 1. The summed E-state index contributed by atoms with van der Waals surface area (Å²) in [5.41, 5.74) is 2.27. The number of aliphatic hydroxyl groups is 1. The predicted molar refractivity (Wildman–Crippen MR) is 83.9 cm³/mol. The Bertz CT molecular complexity index is 476. The fraction of sp³-hybridized carbons (Fsp3) is 0.562. The van der Waals surface area contributed by atoms with E-state index in [4.69, 9.17) is 0 Å². The van der Waals surface area contributed by atoms with E-state index in [1.54, 1.807) is 0 Å². The monoisotopic (exact) mass is 339 g/mol. The lowest BCUT2D eigenvalue weighted by Crippen LogP contribution is -2.23. The van der Waals surface area contributed by atoms with Crippen LogP contribution in [-0.4, -0.2) is 41.5 Å². The Hall–Kier alpha value is -0.710. The van der Waals surface area contributed by atoms with Crippen molar-refractivity contribution in [2.75, 3.05) is 19.6 Å². The van der Waals surface area contributed by atoms with Crippen LogP contribution in [0.3, 0.4) is 0 Å². The van der Waals surface area contributed by atoms with Crippen molar-refractivity contribution in [3.8, 4) is 0 Å².